The summed E-state index contributed by atoms with van der Waals surface area (Å²) in [4.78, 5) is 15.8. The van der Waals surface area contributed by atoms with Crippen molar-refractivity contribution in [2.45, 2.75) is 25.4 Å². The lowest BCUT2D eigenvalue weighted by Crippen LogP contribution is -2.45. The van der Waals surface area contributed by atoms with E-state index in [0.29, 0.717) is 6.04 Å². The van der Waals surface area contributed by atoms with Crippen molar-refractivity contribution in [1.29, 1.82) is 0 Å². The number of piperidine rings is 1. The molecule has 1 aromatic rings. The molecule has 3 nitrogen and oxygen atoms in total. The Morgan fingerprint density at radius 3 is 2.53 bits per heavy atom. The molecule has 1 aromatic carbocycles. The van der Waals surface area contributed by atoms with Crippen LogP contribution in [0, 0.1) is 0 Å². The summed E-state index contributed by atoms with van der Waals surface area (Å²) in [7, 11) is 1.86. The Morgan fingerprint density at radius 1 is 1.32 bits per heavy atom. The fourth-order valence-electron chi connectivity index (χ4n) is 2.60. The van der Waals surface area contributed by atoms with Crippen molar-refractivity contribution >= 4 is 17.5 Å². The normalized spacial score (nSPS) is 17.4. The number of amides is 1. The van der Waals surface area contributed by atoms with Gasteiger partial charge in [0.05, 0.1) is 0 Å². The van der Waals surface area contributed by atoms with Crippen molar-refractivity contribution in [2.24, 2.45) is 0 Å². The molecule has 2 rings (SSSR count). The van der Waals surface area contributed by atoms with Crippen molar-refractivity contribution in [1.82, 2.24) is 9.80 Å². The molecule has 0 spiro atoms. The predicted molar refractivity (Wildman–Crippen MR) is 78.2 cm³/mol. The van der Waals surface area contributed by atoms with Gasteiger partial charge >= 0.3 is 0 Å². The average Bonchev–Trinajstić information content (AvgIpc) is 2.47. The number of carbonyl (C=O) groups excluding carboxylic acids is 1. The molecule has 1 aliphatic heterocycles. The minimum atomic E-state index is 0.0307. The molecule has 1 amide bonds. The lowest BCUT2D eigenvalue weighted by atomic mass is 10.0. The van der Waals surface area contributed by atoms with Gasteiger partial charge in [-0.1, -0.05) is 30.3 Å². The van der Waals surface area contributed by atoms with Gasteiger partial charge in [-0.3, -0.25) is 9.69 Å². The molecule has 1 heterocycles. The first kappa shape index (κ1) is 14.4. The maximum Gasteiger partial charge on any atom is 0.237 e. The van der Waals surface area contributed by atoms with Gasteiger partial charge in [0.1, 0.15) is 5.88 Å². The van der Waals surface area contributed by atoms with E-state index < -0.39 is 0 Å². The van der Waals surface area contributed by atoms with Crippen LogP contribution in [0.1, 0.15) is 18.4 Å². The first-order valence-electron chi connectivity index (χ1n) is 6.78. The van der Waals surface area contributed by atoms with E-state index in [1.54, 1.807) is 0 Å². The number of benzene rings is 1. The largest absolute Gasteiger partial charge is 0.342 e. The second kappa shape index (κ2) is 6.92. The molecule has 0 N–H and O–H groups in total. The monoisotopic (exact) mass is 280 g/mol. The Labute approximate surface area is 120 Å². The quantitative estimate of drug-likeness (QED) is 0.791. The Hall–Kier alpha value is -1.06. The Bertz CT molecular complexity index is 402. The number of halogens is 1. The first-order chi connectivity index (χ1) is 9.20. The molecule has 1 aliphatic rings. The van der Waals surface area contributed by atoms with Gasteiger partial charge in [0, 0.05) is 32.7 Å². The topological polar surface area (TPSA) is 23.6 Å². The molecule has 4 heteroatoms. The van der Waals surface area contributed by atoms with Crippen molar-refractivity contribution in [3.05, 3.63) is 35.9 Å². The van der Waals surface area contributed by atoms with Gasteiger partial charge in [-0.2, -0.15) is 0 Å². The number of rotatable bonds is 4. The zero-order valence-corrected chi connectivity index (χ0v) is 12.1. The smallest absolute Gasteiger partial charge is 0.237 e. The van der Waals surface area contributed by atoms with Gasteiger partial charge in [0.2, 0.25) is 5.91 Å². The second-order valence-corrected chi connectivity index (χ2v) is 5.40. The highest BCUT2D eigenvalue weighted by atomic mass is 35.5. The summed E-state index contributed by atoms with van der Waals surface area (Å²) in [6.45, 7) is 3.08. The maximum atomic E-state index is 11.6. The van der Waals surface area contributed by atoms with Crippen LogP contribution in [0.15, 0.2) is 30.3 Å². The molecule has 104 valence electrons. The first-order valence-corrected chi connectivity index (χ1v) is 7.32. The molecule has 1 saturated heterocycles. The molecule has 0 unspecified atom stereocenters. The number of hydrogen-bond acceptors (Lipinski definition) is 2. The van der Waals surface area contributed by atoms with Crippen LogP contribution in [0.2, 0.25) is 0 Å². The van der Waals surface area contributed by atoms with Gasteiger partial charge in [0.15, 0.2) is 0 Å². The van der Waals surface area contributed by atoms with Crippen LogP contribution in [-0.4, -0.2) is 47.8 Å². The highest BCUT2D eigenvalue weighted by Crippen LogP contribution is 2.17. The number of nitrogens with zero attached hydrogens (tertiary/aromatic N) is 2. The van der Waals surface area contributed by atoms with Crippen LogP contribution in [0.5, 0.6) is 0 Å². The van der Waals surface area contributed by atoms with Crippen LogP contribution < -0.4 is 0 Å². The SMILES string of the molecule is CN(C(=O)CCl)C1CCN(Cc2ccccc2)CC1. The molecule has 0 aromatic heterocycles. The minimum absolute atomic E-state index is 0.0307. The van der Waals surface area contributed by atoms with E-state index in [1.807, 2.05) is 18.0 Å². The molecule has 0 bridgehead atoms. The third-order valence-electron chi connectivity index (χ3n) is 3.86. The molecule has 0 radical (unpaired) electrons. The Morgan fingerprint density at radius 2 is 1.95 bits per heavy atom. The summed E-state index contributed by atoms with van der Waals surface area (Å²) >= 11 is 5.60. The lowest BCUT2D eigenvalue weighted by molar-refractivity contribution is -0.130. The van der Waals surface area contributed by atoms with Crippen molar-refractivity contribution in [2.75, 3.05) is 26.0 Å². The fraction of sp³-hybridized carbons (Fsp3) is 0.533. The van der Waals surface area contributed by atoms with Crippen molar-refractivity contribution in [3.63, 3.8) is 0 Å². The summed E-state index contributed by atoms with van der Waals surface area (Å²) in [5.74, 6) is 0.115. The summed E-state index contributed by atoms with van der Waals surface area (Å²) in [5, 5.41) is 0. The fourth-order valence-corrected chi connectivity index (χ4v) is 2.79. The highest BCUT2D eigenvalue weighted by Gasteiger charge is 2.24. The Kier molecular flexibility index (Phi) is 5.23. The summed E-state index contributed by atoms with van der Waals surface area (Å²) in [6.07, 6.45) is 2.07. The van der Waals surface area contributed by atoms with E-state index in [1.165, 1.54) is 5.56 Å². The molecular weight excluding hydrogens is 260 g/mol. The van der Waals surface area contributed by atoms with Gasteiger partial charge in [-0.05, 0) is 18.4 Å². The molecule has 19 heavy (non-hydrogen) atoms. The molecular formula is C15H21ClN2O. The Balaban J connectivity index is 1.81. The summed E-state index contributed by atoms with van der Waals surface area (Å²) in [6, 6.07) is 10.9. The third kappa shape index (κ3) is 3.95. The number of alkyl halides is 1. The van der Waals surface area contributed by atoms with Crippen LogP contribution in [0.4, 0.5) is 0 Å². The second-order valence-electron chi connectivity index (χ2n) is 5.13. The van der Waals surface area contributed by atoms with Crippen LogP contribution in [0.3, 0.4) is 0 Å². The van der Waals surface area contributed by atoms with Crippen LogP contribution in [0.25, 0.3) is 0 Å². The van der Waals surface area contributed by atoms with Crippen molar-refractivity contribution in [3.8, 4) is 0 Å². The molecule has 0 saturated carbocycles. The van der Waals surface area contributed by atoms with E-state index in [2.05, 4.69) is 29.2 Å². The zero-order chi connectivity index (χ0) is 13.7. The van der Waals surface area contributed by atoms with Gasteiger partial charge < -0.3 is 4.90 Å². The standard InChI is InChI=1S/C15H21ClN2O/c1-17(15(19)11-16)14-7-9-18(10-8-14)12-13-5-3-2-4-6-13/h2-6,14H,7-12H2,1H3. The number of likely N-dealkylation sites (tertiary alicyclic amines) is 1. The average molecular weight is 281 g/mol. The lowest BCUT2D eigenvalue weighted by Gasteiger charge is -2.36. The van der Waals surface area contributed by atoms with Gasteiger partial charge in [0.25, 0.3) is 0 Å². The zero-order valence-electron chi connectivity index (χ0n) is 11.4. The van der Waals surface area contributed by atoms with E-state index in [4.69, 9.17) is 11.6 Å². The minimum Gasteiger partial charge on any atom is -0.342 e. The highest BCUT2D eigenvalue weighted by molar-refractivity contribution is 6.27. The molecule has 0 atom stereocenters. The molecule has 1 fully saturated rings. The van der Waals surface area contributed by atoms with E-state index in [0.717, 1.165) is 32.5 Å². The van der Waals surface area contributed by atoms with Crippen LogP contribution in [-0.2, 0) is 11.3 Å². The molecule has 0 aliphatic carbocycles. The van der Waals surface area contributed by atoms with Gasteiger partial charge in [-0.25, -0.2) is 0 Å². The summed E-state index contributed by atoms with van der Waals surface area (Å²) < 4.78 is 0. The van der Waals surface area contributed by atoms with E-state index >= 15 is 0 Å². The van der Waals surface area contributed by atoms with E-state index in [9.17, 15) is 4.79 Å². The van der Waals surface area contributed by atoms with Crippen LogP contribution >= 0.6 is 11.6 Å². The predicted octanol–water partition coefficient (Wildman–Crippen LogP) is 2.35. The van der Waals surface area contributed by atoms with Crippen molar-refractivity contribution < 1.29 is 4.79 Å². The van der Waals surface area contributed by atoms with E-state index in [-0.39, 0.29) is 11.8 Å². The third-order valence-corrected chi connectivity index (χ3v) is 4.09. The summed E-state index contributed by atoms with van der Waals surface area (Å²) in [5.41, 5.74) is 1.35. The van der Waals surface area contributed by atoms with Gasteiger partial charge in [-0.15, -0.1) is 11.6 Å². The maximum absolute atomic E-state index is 11.6. The number of hydrogen-bond donors (Lipinski definition) is 0. The number of carbonyl (C=O) groups is 1.